The van der Waals surface area contributed by atoms with Crippen molar-refractivity contribution in [3.63, 3.8) is 0 Å². The number of nitrogens with one attached hydrogen (secondary N) is 3. The number of benzene rings is 1. The quantitative estimate of drug-likeness (QED) is 0.812. The van der Waals surface area contributed by atoms with E-state index in [9.17, 15) is 4.79 Å². The Hall–Kier alpha value is -1.81. The zero-order chi connectivity index (χ0) is 14.9. The molecule has 2 aromatic rings. The molecule has 21 heavy (non-hydrogen) atoms. The van der Waals surface area contributed by atoms with Crippen molar-refractivity contribution in [3.05, 3.63) is 36.0 Å². The minimum Gasteiger partial charge on any atom is -0.361 e. The fourth-order valence-electron chi connectivity index (χ4n) is 3.11. The predicted molar refractivity (Wildman–Crippen MR) is 85.4 cm³/mol. The first kappa shape index (κ1) is 14.1. The fraction of sp³-hybridized carbons (Fsp3) is 0.471. The summed E-state index contributed by atoms with van der Waals surface area (Å²) in [4.78, 5) is 15.5. The van der Waals surface area contributed by atoms with Crippen LogP contribution in [0.4, 0.5) is 0 Å². The molecular weight excluding hydrogens is 262 g/mol. The summed E-state index contributed by atoms with van der Waals surface area (Å²) in [6, 6.07) is 8.11. The van der Waals surface area contributed by atoms with Crippen LogP contribution in [0.2, 0.25) is 0 Å². The van der Waals surface area contributed by atoms with Crippen molar-refractivity contribution in [2.75, 3.05) is 13.1 Å². The molecule has 1 amide bonds. The third-order valence-corrected chi connectivity index (χ3v) is 4.62. The number of carbonyl (C=O) groups is 1. The number of fused-ring (bicyclic) bond motifs is 1. The van der Waals surface area contributed by atoms with E-state index in [-0.39, 0.29) is 11.3 Å². The second-order valence-electron chi connectivity index (χ2n) is 6.59. The van der Waals surface area contributed by atoms with Gasteiger partial charge in [-0.05, 0) is 48.4 Å². The lowest BCUT2D eigenvalue weighted by atomic mass is 9.77. The van der Waals surface area contributed by atoms with Crippen molar-refractivity contribution in [1.82, 2.24) is 15.6 Å². The fourth-order valence-corrected chi connectivity index (χ4v) is 3.11. The zero-order valence-corrected chi connectivity index (χ0v) is 12.7. The van der Waals surface area contributed by atoms with Gasteiger partial charge in [-0.25, -0.2) is 0 Å². The standard InChI is InChI=1S/C17H23N3O/c1-17(2)7-3-8-19-15(17)11-20-16(21)13-5-4-12-6-9-18-14(12)10-13/h4-6,9-10,15,18-19H,3,7-8,11H2,1-2H3,(H,20,21). The molecule has 4 heteroatoms. The third kappa shape index (κ3) is 2.95. The topological polar surface area (TPSA) is 56.9 Å². The van der Waals surface area contributed by atoms with Crippen molar-refractivity contribution in [3.8, 4) is 0 Å². The van der Waals surface area contributed by atoms with Crippen molar-refractivity contribution >= 4 is 16.8 Å². The van der Waals surface area contributed by atoms with Crippen molar-refractivity contribution in [1.29, 1.82) is 0 Å². The number of hydrogen-bond donors (Lipinski definition) is 3. The van der Waals surface area contributed by atoms with E-state index in [4.69, 9.17) is 0 Å². The van der Waals surface area contributed by atoms with E-state index in [0.29, 0.717) is 18.2 Å². The van der Waals surface area contributed by atoms with Gasteiger partial charge in [-0.2, -0.15) is 0 Å². The van der Waals surface area contributed by atoms with Crippen LogP contribution < -0.4 is 10.6 Å². The second-order valence-corrected chi connectivity index (χ2v) is 6.59. The number of hydrogen-bond acceptors (Lipinski definition) is 2. The first-order valence-corrected chi connectivity index (χ1v) is 7.65. The molecule has 112 valence electrons. The molecule has 0 spiro atoms. The normalized spacial score (nSPS) is 21.3. The predicted octanol–water partition coefficient (Wildman–Crippen LogP) is 2.68. The van der Waals surface area contributed by atoms with Gasteiger partial charge in [0.2, 0.25) is 0 Å². The first-order valence-electron chi connectivity index (χ1n) is 7.65. The summed E-state index contributed by atoms with van der Waals surface area (Å²) in [7, 11) is 0. The molecule has 1 aliphatic heterocycles. The summed E-state index contributed by atoms with van der Waals surface area (Å²) in [6.07, 6.45) is 4.30. The summed E-state index contributed by atoms with van der Waals surface area (Å²) >= 11 is 0. The van der Waals surface area contributed by atoms with Gasteiger partial charge >= 0.3 is 0 Å². The molecule has 0 bridgehead atoms. The molecule has 1 atom stereocenters. The Bertz CT molecular complexity index is 644. The van der Waals surface area contributed by atoms with E-state index in [1.54, 1.807) is 0 Å². The molecule has 1 saturated heterocycles. The average molecular weight is 285 g/mol. The molecule has 1 aromatic carbocycles. The van der Waals surface area contributed by atoms with Crippen LogP contribution in [0.5, 0.6) is 0 Å². The van der Waals surface area contributed by atoms with Gasteiger partial charge in [-0.3, -0.25) is 4.79 Å². The largest absolute Gasteiger partial charge is 0.361 e. The molecular formula is C17H23N3O. The number of aromatic nitrogens is 1. The molecule has 0 radical (unpaired) electrons. The van der Waals surface area contributed by atoms with Gasteiger partial charge in [-0.15, -0.1) is 0 Å². The van der Waals surface area contributed by atoms with Crippen LogP contribution in [-0.4, -0.2) is 30.0 Å². The number of piperidine rings is 1. The number of aromatic amines is 1. The van der Waals surface area contributed by atoms with Gasteiger partial charge in [0.15, 0.2) is 0 Å². The maximum atomic E-state index is 12.3. The highest BCUT2D eigenvalue weighted by molar-refractivity contribution is 5.97. The molecule has 2 heterocycles. The lowest BCUT2D eigenvalue weighted by Gasteiger charge is -2.39. The molecule has 0 saturated carbocycles. The minimum absolute atomic E-state index is 0.00493. The van der Waals surface area contributed by atoms with Gasteiger partial charge in [0.05, 0.1) is 0 Å². The lowest BCUT2D eigenvalue weighted by Crippen LogP contribution is -2.52. The van der Waals surface area contributed by atoms with Crippen LogP contribution in [0.3, 0.4) is 0 Å². The van der Waals surface area contributed by atoms with Crippen LogP contribution in [0.15, 0.2) is 30.5 Å². The summed E-state index contributed by atoms with van der Waals surface area (Å²) in [5.41, 5.74) is 1.94. The molecule has 1 unspecified atom stereocenters. The number of carbonyl (C=O) groups excluding carboxylic acids is 1. The van der Waals surface area contributed by atoms with Crippen molar-refractivity contribution in [2.24, 2.45) is 5.41 Å². The monoisotopic (exact) mass is 285 g/mol. The van der Waals surface area contributed by atoms with Crippen molar-refractivity contribution in [2.45, 2.75) is 32.7 Å². The van der Waals surface area contributed by atoms with Gasteiger partial charge in [-0.1, -0.05) is 19.9 Å². The van der Waals surface area contributed by atoms with E-state index in [1.165, 1.54) is 12.8 Å². The lowest BCUT2D eigenvalue weighted by molar-refractivity contribution is 0.0929. The molecule has 3 N–H and O–H groups in total. The summed E-state index contributed by atoms with van der Waals surface area (Å²) in [5.74, 6) is -0.00493. The molecule has 3 rings (SSSR count). The molecule has 1 aromatic heterocycles. The van der Waals surface area contributed by atoms with E-state index in [2.05, 4.69) is 29.5 Å². The van der Waals surface area contributed by atoms with Gasteiger partial charge in [0.25, 0.3) is 5.91 Å². The summed E-state index contributed by atoms with van der Waals surface area (Å²) < 4.78 is 0. The Morgan fingerprint density at radius 2 is 2.24 bits per heavy atom. The van der Waals surface area contributed by atoms with Crippen LogP contribution >= 0.6 is 0 Å². The summed E-state index contributed by atoms with van der Waals surface area (Å²) in [6.45, 7) is 6.24. The van der Waals surface area contributed by atoms with E-state index in [1.807, 2.05) is 30.5 Å². The maximum absolute atomic E-state index is 12.3. The minimum atomic E-state index is -0.00493. The Labute approximate surface area is 125 Å². The van der Waals surface area contributed by atoms with Gasteiger partial charge in [0.1, 0.15) is 0 Å². The molecule has 1 fully saturated rings. The van der Waals surface area contributed by atoms with E-state index >= 15 is 0 Å². The van der Waals surface area contributed by atoms with E-state index in [0.717, 1.165) is 17.4 Å². The number of H-pyrrole nitrogens is 1. The van der Waals surface area contributed by atoms with Crippen molar-refractivity contribution < 1.29 is 4.79 Å². The maximum Gasteiger partial charge on any atom is 0.251 e. The number of amides is 1. The van der Waals surface area contributed by atoms with E-state index < -0.39 is 0 Å². The highest BCUT2D eigenvalue weighted by Crippen LogP contribution is 2.29. The Morgan fingerprint density at radius 1 is 1.38 bits per heavy atom. The van der Waals surface area contributed by atoms with Gasteiger partial charge in [0, 0.05) is 29.9 Å². The molecule has 1 aliphatic rings. The number of rotatable bonds is 3. The van der Waals surface area contributed by atoms with Gasteiger partial charge < -0.3 is 15.6 Å². The Kier molecular flexibility index (Phi) is 3.72. The SMILES string of the molecule is CC1(C)CCCNC1CNC(=O)c1ccc2cc[nH]c2c1. The smallest absolute Gasteiger partial charge is 0.251 e. The zero-order valence-electron chi connectivity index (χ0n) is 12.7. The van der Waals surface area contributed by atoms with Crippen LogP contribution in [0, 0.1) is 5.41 Å². The van der Waals surface area contributed by atoms with Crippen LogP contribution in [0.1, 0.15) is 37.0 Å². The molecule has 4 nitrogen and oxygen atoms in total. The highest BCUT2D eigenvalue weighted by Gasteiger charge is 2.31. The summed E-state index contributed by atoms with van der Waals surface area (Å²) in [5, 5.41) is 7.71. The average Bonchev–Trinajstić information content (AvgIpc) is 2.92. The Morgan fingerprint density at radius 3 is 3.05 bits per heavy atom. The third-order valence-electron chi connectivity index (χ3n) is 4.62. The second kappa shape index (κ2) is 5.53. The van der Waals surface area contributed by atoms with Crippen LogP contribution in [0.25, 0.3) is 10.9 Å². The molecule has 0 aliphatic carbocycles. The highest BCUT2D eigenvalue weighted by atomic mass is 16.1. The first-order chi connectivity index (χ1) is 10.1. The Balaban J connectivity index is 1.65. The van der Waals surface area contributed by atoms with Crippen LogP contribution in [-0.2, 0) is 0 Å².